The summed E-state index contributed by atoms with van der Waals surface area (Å²) in [5.41, 5.74) is 1.31. The average Bonchev–Trinajstić information content (AvgIpc) is 3.24. The predicted molar refractivity (Wildman–Crippen MR) is 87.5 cm³/mol. The average molecular weight is 332 g/mol. The smallest absolute Gasteiger partial charge is 0.274 e. The van der Waals surface area contributed by atoms with Gasteiger partial charge in [-0.2, -0.15) is 5.10 Å². The highest BCUT2D eigenvalue weighted by molar-refractivity contribution is 7.10. The zero-order valence-corrected chi connectivity index (χ0v) is 13.3. The zero-order chi connectivity index (χ0) is 15.1. The maximum absolute atomic E-state index is 12.8. The van der Waals surface area contributed by atoms with Gasteiger partial charge in [0.05, 0.1) is 11.6 Å². The molecule has 112 valence electrons. The van der Waals surface area contributed by atoms with Crippen molar-refractivity contribution < 1.29 is 4.79 Å². The van der Waals surface area contributed by atoms with Crippen LogP contribution in [0, 0.1) is 0 Å². The summed E-state index contributed by atoms with van der Waals surface area (Å²) in [6, 6.07) is 9.70. The lowest BCUT2D eigenvalue weighted by molar-refractivity contribution is 0.0731. The van der Waals surface area contributed by atoms with Crippen molar-refractivity contribution in [1.82, 2.24) is 14.5 Å². The van der Waals surface area contributed by atoms with Crippen LogP contribution in [0.5, 0.6) is 0 Å². The van der Waals surface area contributed by atoms with Gasteiger partial charge >= 0.3 is 0 Å². The van der Waals surface area contributed by atoms with E-state index in [1.54, 1.807) is 34.2 Å². The minimum absolute atomic E-state index is 0.00396. The molecule has 0 bridgehead atoms. The Labute approximate surface area is 136 Å². The molecule has 4 heterocycles. The second-order valence-corrected chi connectivity index (χ2v) is 6.83. The van der Waals surface area contributed by atoms with Gasteiger partial charge in [0.15, 0.2) is 5.69 Å². The molecule has 0 aromatic carbocycles. The highest BCUT2D eigenvalue weighted by Gasteiger charge is 2.32. The Morgan fingerprint density at radius 3 is 3.09 bits per heavy atom. The van der Waals surface area contributed by atoms with E-state index >= 15 is 0 Å². The lowest BCUT2D eigenvalue weighted by Crippen LogP contribution is -2.30. The van der Waals surface area contributed by atoms with Crippen LogP contribution < -0.4 is 0 Å². The van der Waals surface area contributed by atoms with Gasteiger partial charge < -0.3 is 4.90 Å². The molecule has 0 spiro atoms. The van der Waals surface area contributed by atoms with Gasteiger partial charge in [-0.15, -0.1) is 11.3 Å². The lowest BCUT2D eigenvalue weighted by Gasteiger charge is -2.22. The molecule has 0 radical (unpaired) electrons. The van der Waals surface area contributed by atoms with E-state index in [0.717, 1.165) is 24.9 Å². The number of nitrogens with zero attached hydrogens (tertiary/aromatic N) is 3. The van der Waals surface area contributed by atoms with Crippen LogP contribution >= 0.6 is 22.9 Å². The summed E-state index contributed by atoms with van der Waals surface area (Å²) in [5.74, 6) is -0.00396. The number of carbonyl (C=O) groups excluding carboxylic acids is 1. The number of hydrogen-bond donors (Lipinski definition) is 0. The van der Waals surface area contributed by atoms with Gasteiger partial charge in [0.2, 0.25) is 0 Å². The summed E-state index contributed by atoms with van der Waals surface area (Å²) in [7, 11) is 0. The molecule has 0 saturated carbocycles. The third-order valence-electron chi connectivity index (χ3n) is 4.03. The molecule has 1 aliphatic rings. The van der Waals surface area contributed by atoms with E-state index in [4.69, 9.17) is 11.6 Å². The van der Waals surface area contributed by atoms with E-state index in [1.165, 1.54) is 4.88 Å². The van der Waals surface area contributed by atoms with Crippen molar-refractivity contribution in [3.63, 3.8) is 0 Å². The van der Waals surface area contributed by atoms with Gasteiger partial charge in [-0.05, 0) is 42.5 Å². The van der Waals surface area contributed by atoms with Crippen LogP contribution in [0.1, 0.15) is 34.2 Å². The van der Waals surface area contributed by atoms with Gasteiger partial charge in [-0.25, -0.2) is 4.52 Å². The van der Waals surface area contributed by atoms with E-state index in [0.29, 0.717) is 10.7 Å². The van der Waals surface area contributed by atoms with Crippen molar-refractivity contribution in [2.75, 3.05) is 6.54 Å². The second kappa shape index (κ2) is 5.41. The fourth-order valence-electron chi connectivity index (χ4n) is 3.01. The SMILES string of the molecule is O=C(c1cc2cc(Cl)ccn2n1)N1CCC[C@H]1c1cccs1. The molecule has 1 aliphatic heterocycles. The van der Waals surface area contributed by atoms with E-state index in [9.17, 15) is 4.79 Å². The number of carbonyl (C=O) groups is 1. The van der Waals surface area contributed by atoms with Crippen molar-refractivity contribution in [2.24, 2.45) is 0 Å². The molecule has 1 atom stereocenters. The van der Waals surface area contributed by atoms with Gasteiger partial charge in [-0.1, -0.05) is 17.7 Å². The Bertz CT molecular complexity index is 827. The zero-order valence-electron chi connectivity index (χ0n) is 11.8. The Morgan fingerprint density at radius 2 is 2.27 bits per heavy atom. The van der Waals surface area contributed by atoms with Crippen molar-refractivity contribution >= 4 is 34.4 Å². The second-order valence-electron chi connectivity index (χ2n) is 5.42. The summed E-state index contributed by atoms with van der Waals surface area (Å²) in [4.78, 5) is 16.0. The molecule has 1 fully saturated rings. The number of pyridine rings is 1. The summed E-state index contributed by atoms with van der Waals surface area (Å²) < 4.78 is 1.69. The van der Waals surface area contributed by atoms with Crippen molar-refractivity contribution in [1.29, 1.82) is 0 Å². The first-order valence-electron chi connectivity index (χ1n) is 7.22. The fourth-order valence-corrected chi connectivity index (χ4v) is 4.05. The van der Waals surface area contributed by atoms with Crippen LogP contribution in [-0.2, 0) is 0 Å². The maximum atomic E-state index is 12.8. The number of thiophene rings is 1. The standard InChI is InChI=1S/C16H14ClN3OS/c17-11-5-7-20-12(9-11)10-13(18-20)16(21)19-6-1-3-14(19)15-4-2-8-22-15/h2,4-5,7-10,14H,1,3,6H2/t14-/m0/s1. The van der Waals surface area contributed by atoms with Gasteiger partial charge in [0, 0.05) is 22.6 Å². The minimum Gasteiger partial charge on any atom is -0.329 e. The normalized spacial score (nSPS) is 18.2. The first kappa shape index (κ1) is 13.8. The van der Waals surface area contributed by atoms with Crippen LogP contribution in [0.15, 0.2) is 41.9 Å². The predicted octanol–water partition coefficient (Wildman–Crippen LogP) is 4.03. The number of likely N-dealkylation sites (tertiary alicyclic amines) is 1. The highest BCUT2D eigenvalue weighted by atomic mass is 35.5. The molecule has 0 aliphatic carbocycles. The first-order valence-corrected chi connectivity index (χ1v) is 8.47. The lowest BCUT2D eigenvalue weighted by atomic mass is 10.2. The van der Waals surface area contributed by atoms with Gasteiger partial charge in [0.1, 0.15) is 0 Å². The third-order valence-corrected chi connectivity index (χ3v) is 5.24. The van der Waals surface area contributed by atoms with Crippen LogP contribution in [-0.4, -0.2) is 27.0 Å². The molecule has 3 aromatic rings. The molecular weight excluding hydrogens is 318 g/mol. The number of hydrogen-bond acceptors (Lipinski definition) is 3. The number of amides is 1. The summed E-state index contributed by atoms with van der Waals surface area (Å²) in [6.07, 6.45) is 3.83. The van der Waals surface area contributed by atoms with Crippen LogP contribution in [0.4, 0.5) is 0 Å². The van der Waals surface area contributed by atoms with Crippen molar-refractivity contribution in [3.8, 4) is 0 Å². The molecule has 4 rings (SSSR count). The largest absolute Gasteiger partial charge is 0.329 e. The topological polar surface area (TPSA) is 37.6 Å². The molecule has 1 saturated heterocycles. The third kappa shape index (κ3) is 2.30. The quantitative estimate of drug-likeness (QED) is 0.711. The molecule has 22 heavy (non-hydrogen) atoms. The summed E-state index contributed by atoms with van der Waals surface area (Å²) >= 11 is 7.70. The van der Waals surface area contributed by atoms with E-state index < -0.39 is 0 Å². The molecular formula is C16H14ClN3OS. The monoisotopic (exact) mass is 331 g/mol. The van der Waals surface area contributed by atoms with Crippen LogP contribution in [0.25, 0.3) is 5.52 Å². The molecule has 4 nitrogen and oxygen atoms in total. The molecule has 3 aromatic heterocycles. The summed E-state index contributed by atoms with van der Waals surface area (Å²) in [5, 5.41) is 7.09. The first-order chi connectivity index (χ1) is 10.7. The van der Waals surface area contributed by atoms with Gasteiger partial charge in [0.25, 0.3) is 5.91 Å². The van der Waals surface area contributed by atoms with E-state index in [2.05, 4.69) is 16.5 Å². The Kier molecular flexibility index (Phi) is 3.39. The molecule has 6 heteroatoms. The number of halogens is 1. The fraction of sp³-hybridized carbons (Fsp3) is 0.250. The molecule has 1 amide bonds. The summed E-state index contributed by atoms with van der Waals surface area (Å²) in [6.45, 7) is 0.788. The maximum Gasteiger partial charge on any atom is 0.274 e. The van der Waals surface area contributed by atoms with Gasteiger partial charge in [-0.3, -0.25) is 4.79 Å². The van der Waals surface area contributed by atoms with E-state index in [1.807, 2.05) is 17.0 Å². The van der Waals surface area contributed by atoms with Crippen LogP contribution in [0.2, 0.25) is 5.02 Å². The Hall–Kier alpha value is -1.85. The number of aromatic nitrogens is 2. The Morgan fingerprint density at radius 1 is 1.36 bits per heavy atom. The molecule has 0 unspecified atom stereocenters. The minimum atomic E-state index is -0.00396. The number of fused-ring (bicyclic) bond motifs is 1. The Balaban J connectivity index is 1.67. The van der Waals surface area contributed by atoms with Crippen LogP contribution in [0.3, 0.4) is 0 Å². The van der Waals surface area contributed by atoms with Crippen molar-refractivity contribution in [2.45, 2.75) is 18.9 Å². The van der Waals surface area contributed by atoms with Crippen molar-refractivity contribution in [3.05, 3.63) is 57.5 Å². The highest BCUT2D eigenvalue weighted by Crippen LogP contribution is 2.35. The molecule has 0 N–H and O–H groups in total. The van der Waals surface area contributed by atoms with E-state index in [-0.39, 0.29) is 11.9 Å². The number of rotatable bonds is 2.